The first-order chi connectivity index (χ1) is 23.6. The average Bonchev–Trinajstić information content (AvgIpc) is 3.90. The Bertz CT molecular complexity index is 2100. The van der Waals surface area contributed by atoms with Crippen LogP contribution < -0.4 is 9.64 Å². The average molecular weight is 706 g/mol. The van der Waals surface area contributed by atoms with Gasteiger partial charge in [0, 0.05) is 51.9 Å². The third-order valence-corrected chi connectivity index (χ3v) is 13.0. The molecule has 7 rings (SSSR count). The van der Waals surface area contributed by atoms with Crippen molar-refractivity contribution in [2.75, 3.05) is 11.5 Å². The van der Waals surface area contributed by atoms with Crippen molar-refractivity contribution >= 4 is 93.8 Å². The molecule has 0 spiro atoms. The molecule has 4 heterocycles. The third-order valence-electron chi connectivity index (χ3n) is 8.42. The van der Waals surface area contributed by atoms with Crippen molar-refractivity contribution in [2.24, 2.45) is 0 Å². The Kier molecular flexibility index (Phi) is 10.1. The second-order valence-corrected chi connectivity index (χ2v) is 15.9. The van der Waals surface area contributed by atoms with Crippen LogP contribution in [0.1, 0.15) is 65.5 Å². The van der Waals surface area contributed by atoms with Crippen LogP contribution in [-0.2, 0) is 0 Å². The summed E-state index contributed by atoms with van der Waals surface area (Å²) in [5, 5.41) is 1.93. The number of ether oxygens (including phenoxy) is 1. The van der Waals surface area contributed by atoms with Gasteiger partial charge in [-0.1, -0.05) is 63.3 Å². The van der Waals surface area contributed by atoms with Crippen molar-refractivity contribution in [3.63, 3.8) is 0 Å². The molecule has 0 bridgehead atoms. The molecular weight excluding hydrogens is 671 g/mol. The highest BCUT2D eigenvalue weighted by molar-refractivity contribution is 7.30. The SMILES string of the molecule is CCCCCCCCOc1ccc(N(c2ccc(-c3cc4sc(C=O)cc4s3)cc2)c2ccc(-c3cc4scc(C=O)c4s3)cc2)cc1. The molecule has 0 aliphatic rings. The highest BCUT2D eigenvalue weighted by atomic mass is 32.1. The van der Waals surface area contributed by atoms with Gasteiger partial charge in [0.1, 0.15) is 5.75 Å². The molecule has 242 valence electrons. The van der Waals surface area contributed by atoms with E-state index in [-0.39, 0.29) is 0 Å². The van der Waals surface area contributed by atoms with Crippen LogP contribution in [0, 0.1) is 0 Å². The Hall–Kier alpha value is -4.08. The minimum absolute atomic E-state index is 0.740. The predicted octanol–water partition coefficient (Wildman–Crippen LogP) is 13.4. The second kappa shape index (κ2) is 15.0. The quantitative estimate of drug-likeness (QED) is 0.0787. The number of hydrogen-bond acceptors (Lipinski definition) is 8. The van der Waals surface area contributed by atoms with E-state index in [2.05, 4.69) is 96.8 Å². The number of fused-ring (bicyclic) bond motifs is 2. The molecule has 48 heavy (non-hydrogen) atoms. The topological polar surface area (TPSA) is 46.6 Å². The Morgan fingerprint density at radius 1 is 0.625 bits per heavy atom. The van der Waals surface area contributed by atoms with Crippen LogP contribution in [0.5, 0.6) is 5.75 Å². The molecule has 0 fully saturated rings. The number of benzene rings is 3. The first-order valence-electron chi connectivity index (χ1n) is 16.3. The Balaban J connectivity index is 1.14. The van der Waals surface area contributed by atoms with E-state index in [0.717, 1.165) is 93.7 Å². The molecule has 3 aromatic carbocycles. The third kappa shape index (κ3) is 7.03. The van der Waals surface area contributed by atoms with Crippen molar-refractivity contribution in [1.82, 2.24) is 0 Å². The zero-order chi connectivity index (χ0) is 32.9. The lowest BCUT2D eigenvalue weighted by Crippen LogP contribution is -2.10. The van der Waals surface area contributed by atoms with E-state index in [9.17, 15) is 9.59 Å². The monoisotopic (exact) mass is 705 g/mol. The van der Waals surface area contributed by atoms with E-state index in [0.29, 0.717) is 0 Å². The first-order valence-corrected chi connectivity index (χ1v) is 19.6. The molecule has 0 saturated heterocycles. The molecule has 0 radical (unpaired) electrons. The van der Waals surface area contributed by atoms with Crippen LogP contribution in [0.25, 0.3) is 39.7 Å². The Labute approximate surface area is 296 Å². The summed E-state index contributed by atoms with van der Waals surface area (Å²) in [6.07, 6.45) is 9.33. The number of anilines is 3. The maximum Gasteiger partial charge on any atom is 0.160 e. The fraction of sp³-hybridized carbons (Fsp3) is 0.200. The fourth-order valence-electron chi connectivity index (χ4n) is 5.88. The maximum absolute atomic E-state index is 11.5. The first kappa shape index (κ1) is 32.5. The summed E-state index contributed by atoms with van der Waals surface area (Å²) in [5.74, 6) is 0.890. The largest absolute Gasteiger partial charge is 0.494 e. The lowest BCUT2D eigenvalue weighted by atomic mass is 10.1. The smallest absolute Gasteiger partial charge is 0.160 e. The van der Waals surface area contributed by atoms with E-state index in [1.165, 1.54) is 48.3 Å². The molecule has 4 aromatic heterocycles. The molecule has 0 unspecified atom stereocenters. The minimum Gasteiger partial charge on any atom is -0.494 e. The van der Waals surface area contributed by atoms with Crippen molar-refractivity contribution in [3.05, 3.63) is 107 Å². The molecule has 0 aliphatic carbocycles. The molecule has 4 nitrogen and oxygen atoms in total. The lowest BCUT2D eigenvalue weighted by Gasteiger charge is -2.26. The van der Waals surface area contributed by atoms with Gasteiger partial charge in [0.2, 0.25) is 0 Å². The van der Waals surface area contributed by atoms with Crippen LogP contribution >= 0.6 is 45.3 Å². The van der Waals surface area contributed by atoms with E-state index in [1.807, 2.05) is 11.4 Å². The van der Waals surface area contributed by atoms with Gasteiger partial charge in [-0.2, -0.15) is 0 Å². The number of carbonyl (C=O) groups excluding carboxylic acids is 2. The fourth-order valence-corrected chi connectivity index (χ4v) is 10.4. The van der Waals surface area contributed by atoms with E-state index < -0.39 is 0 Å². The molecule has 0 atom stereocenters. The molecule has 8 heteroatoms. The molecule has 0 N–H and O–H groups in total. The molecule has 0 saturated carbocycles. The second-order valence-electron chi connectivity index (χ2n) is 11.8. The highest BCUT2D eigenvalue weighted by Gasteiger charge is 2.16. The van der Waals surface area contributed by atoms with Crippen LogP contribution in [0.4, 0.5) is 17.1 Å². The Morgan fingerprint density at radius 3 is 1.83 bits per heavy atom. The minimum atomic E-state index is 0.740. The van der Waals surface area contributed by atoms with Crippen LogP contribution in [0.2, 0.25) is 0 Å². The number of hydrogen-bond donors (Lipinski definition) is 0. The highest BCUT2D eigenvalue weighted by Crippen LogP contribution is 2.42. The summed E-state index contributed by atoms with van der Waals surface area (Å²) >= 11 is 6.54. The summed E-state index contributed by atoms with van der Waals surface area (Å²) in [6, 6.07) is 32.1. The van der Waals surface area contributed by atoms with E-state index >= 15 is 0 Å². The Morgan fingerprint density at radius 2 is 1.21 bits per heavy atom. The molecule has 7 aromatic rings. The van der Waals surface area contributed by atoms with Gasteiger partial charge in [-0.05, 0) is 84.3 Å². The molecular formula is C40H35NO3S4. The summed E-state index contributed by atoms with van der Waals surface area (Å²) in [6.45, 7) is 2.99. The van der Waals surface area contributed by atoms with Gasteiger partial charge in [0.15, 0.2) is 12.6 Å². The van der Waals surface area contributed by atoms with Crippen LogP contribution in [0.15, 0.2) is 96.4 Å². The van der Waals surface area contributed by atoms with Crippen LogP contribution in [0.3, 0.4) is 0 Å². The number of unbranched alkanes of at least 4 members (excludes halogenated alkanes) is 5. The van der Waals surface area contributed by atoms with E-state index in [1.54, 1.807) is 34.0 Å². The lowest BCUT2D eigenvalue weighted by molar-refractivity contribution is 0.111. The summed E-state index contributed by atoms with van der Waals surface area (Å²) in [4.78, 5) is 28.1. The zero-order valence-corrected chi connectivity index (χ0v) is 29.9. The summed E-state index contributed by atoms with van der Waals surface area (Å²) in [5.41, 5.74) is 6.21. The number of aldehydes is 2. The summed E-state index contributed by atoms with van der Waals surface area (Å²) in [7, 11) is 0. The van der Waals surface area contributed by atoms with Gasteiger partial charge in [0.25, 0.3) is 0 Å². The van der Waals surface area contributed by atoms with Crippen molar-refractivity contribution < 1.29 is 14.3 Å². The van der Waals surface area contributed by atoms with Crippen LogP contribution in [-0.4, -0.2) is 19.2 Å². The molecule has 0 aliphatic heterocycles. The van der Waals surface area contributed by atoms with Gasteiger partial charge in [0.05, 0.1) is 16.2 Å². The maximum atomic E-state index is 11.5. The zero-order valence-electron chi connectivity index (χ0n) is 26.6. The van der Waals surface area contributed by atoms with E-state index in [4.69, 9.17) is 4.74 Å². The number of thiophene rings is 4. The normalized spacial score (nSPS) is 11.4. The number of rotatable bonds is 15. The number of nitrogens with zero attached hydrogens (tertiary/aromatic N) is 1. The predicted molar refractivity (Wildman–Crippen MR) is 208 cm³/mol. The van der Waals surface area contributed by atoms with Crippen molar-refractivity contribution in [2.45, 2.75) is 45.4 Å². The van der Waals surface area contributed by atoms with Crippen molar-refractivity contribution in [1.29, 1.82) is 0 Å². The van der Waals surface area contributed by atoms with Crippen molar-refractivity contribution in [3.8, 4) is 26.6 Å². The van der Waals surface area contributed by atoms with Gasteiger partial charge in [-0.3, -0.25) is 9.59 Å². The molecule has 0 amide bonds. The van der Waals surface area contributed by atoms with Gasteiger partial charge < -0.3 is 9.64 Å². The standard InChI is InChI=1S/C40H35NO3S4/c1-2-3-4-5-6-7-20-44-33-18-16-32(17-19-33)41(30-12-8-27(9-13-30)35-22-38-37(47-35)21-34(25-43)46-38)31-14-10-28(11-15-31)36-23-39-40(48-36)29(24-42)26-45-39/h8-19,21-26H,2-7,20H2,1H3. The van der Waals surface area contributed by atoms with Gasteiger partial charge in [-0.25, -0.2) is 0 Å². The summed E-state index contributed by atoms with van der Waals surface area (Å²) < 4.78 is 10.6. The van der Waals surface area contributed by atoms with Gasteiger partial charge in [-0.15, -0.1) is 45.3 Å². The number of carbonyl (C=O) groups is 2. The van der Waals surface area contributed by atoms with Gasteiger partial charge >= 0.3 is 0 Å².